The zero-order valence-electron chi connectivity index (χ0n) is 27.7. The van der Waals surface area contributed by atoms with Gasteiger partial charge in [-0.25, -0.2) is 0 Å². The molecule has 0 bridgehead atoms. The summed E-state index contributed by atoms with van der Waals surface area (Å²) in [6.07, 6.45) is 3.08. The van der Waals surface area contributed by atoms with Gasteiger partial charge in [0.2, 0.25) is 5.91 Å². The molecule has 2 saturated heterocycles. The van der Waals surface area contributed by atoms with Crippen LogP contribution in [0.25, 0.3) is 0 Å². The number of aryl methyl sites for hydroxylation is 1. The van der Waals surface area contributed by atoms with Crippen LogP contribution in [0.4, 0.5) is 11.4 Å². The van der Waals surface area contributed by atoms with Gasteiger partial charge in [-0.1, -0.05) is 72.8 Å². The van der Waals surface area contributed by atoms with Crippen molar-refractivity contribution in [3.8, 4) is 0 Å². The van der Waals surface area contributed by atoms with E-state index in [1.807, 2.05) is 90.7 Å². The number of piperidine rings is 1. The summed E-state index contributed by atoms with van der Waals surface area (Å²) in [5.41, 5.74) is 1.89. The van der Waals surface area contributed by atoms with Crippen LogP contribution in [0.3, 0.4) is 0 Å². The van der Waals surface area contributed by atoms with Gasteiger partial charge in [-0.2, -0.15) is 0 Å². The topological polar surface area (TPSA) is 121 Å². The summed E-state index contributed by atoms with van der Waals surface area (Å²) in [6, 6.07) is 25.0. The smallest absolute Gasteiger partial charge is 0.264 e. The van der Waals surface area contributed by atoms with Crippen molar-refractivity contribution in [2.24, 2.45) is 11.8 Å². The normalized spacial score (nSPS) is 24.8. The van der Waals surface area contributed by atoms with Crippen LogP contribution >= 0.6 is 0 Å². The Hall–Kier alpha value is -4.38. The summed E-state index contributed by atoms with van der Waals surface area (Å²) in [7, 11) is 0. The first-order chi connectivity index (χ1) is 23.1. The Morgan fingerprint density at radius 1 is 1.02 bits per heavy atom. The molecule has 0 unspecified atom stereocenters. The molecule has 0 radical (unpaired) electrons. The van der Waals surface area contributed by atoms with Crippen molar-refractivity contribution in [1.82, 2.24) is 15.0 Å². The molecule has 2 fully saturated rings. The number of hydrogen-bond donors (Lipinski definition) is 2. The van der Waals surface area contributed by atoms with E-state index in [0.29, 0.717) is 38.2 Å². The average Bonchev–Trinajstić information content (AvgIpc) is 3.75. The minimum absolute atomic E-state index is 0.0814. The molecule has 3 aliphatic heterocycles. The van der Waals surface area contributed by atoms with Gasteiger partial charge in [0.25, 0.3) is 5.91 Å². The van der Waals surface area contributed by atoms with Crippen molar-refractivity contribution in [2.45, 2.75) is 83.0 Å². The zero-order valence-corrected chi connectivity index (χ0v) is 27.7. The first-order valence-electron chi connectivity index (χ1n) is 16.9. The maximum atomic E-state index is 14.8. The predicted molar refractivity (Wildman–Crippen MR) is 181 cm³/mol. The monoisotopic (exact) mass is 649 g/mol. The molecular weight excluding hydrogens is 606 g/mol. The van der Waals surface area contributed by atoms with Crippen molar-refractivity contribution in [1.29, 1.82) is 0 Å². The molecule has 48 heavy (non-hydrogen) atoms. The molecule has 5 atom stereocenters. The molecule has 1 aromatic heterocycles. The number of carbonyl (C=O) groups excluding carboxylic acids is 2. The first-order valence-corrected chi connectivity index (χ1v) is 16.9. The Morgan fingerprint density at radius 3 is 2.46 bits per heavy atom. The minimum Gasteiger partial charge on any atom is -0.390 e. The van der Waals surface area contributed by atoms with E-state index in [1.165, 1.54) is 0 Å². The number of benzene rings is 3. The van der Waals surface area contributed by atoms with Crippen LogP contribution in [0.15, 0.2) is 85.1 Å². The van der Waals surface area contributed by atoms with Crippen LogP contribution in [0.1, 0.15) is 74.9 Å². The largest absolute Gasteiger partial charge is 0.390 e. The number of carbonyl (C=O) groups is 2. The second kappa shape index (κ2) is 12.6. The van der Waals surface area contributed by atoms with E-state index < -0.39 is 35.2 Å². The average molecular weight is 650 g/mol. The van der Waals surface area contributed by atoms with E-state index >= 15 is 0 Å². The Kier molecular flexibility index (Phi) is 8.43. The van der Waals surface area contributed by atoms with Crippen molar-refractivity contribution < 1.29 is 24.5 Å². The lowest BCUT2D eigenvalue weighted by Crippen LogP contribution is -2.46. The molecular formula is C38H43N5O5. The molecule has 3 aliphatic rings. The van der Waals surface area contributed by atoms with Gasteiger partial charge in [-0.15, -0.1) is 5.10 Å². The third-order valence-electron chi connectivity index (χ3n) is 10.4. The van der Waals surface area contributed by atoms with E-state index in [9.17, 15) is 19.8 Å². The van der Waals surface area contributed by atoms with E-state index in [-0.39, 0.29) is 11.8 Å². The molecule has 2 amide bonds. The fraction of sp³-hybridized carbons (Fsp3) is 0.421. The highest BCUT2D eigenvalue weighted by Crippen LogP contribution is 2.58. The predicted octanol–water partition coefficient (Wildman–Crippen LogP) is 5.13. The van der Waals surface area contributed by atoms with Gasteiger partial charge in [0.15, 0.2) is 5.60 Å². The van der Waals surface area contributed by atoms with Crippen LogP contribution in [-0.4, -0.2) is 55.3 Å². The molecule has 0 saturated carbocycles. The number of aliphatic hydroxyl groups excluding tert-OH is 1. The molecule has 0 aliphatic carbocycles. The van der Waals surface area contributed by atoms with E-state index in [1.54, 1.807) is 29.6 Å². The summed E-state index contributed by atoms with van der Waals surface area (Å²) in [4.78, 5) is 31.4. The molecule has 4 aromatic rings. The molecule has 4 heterocycles. The number of fused-ring (bicyclic) bond motifs is 2. The van der Waals surface area contributed by atoms with E-state index in [4.69, 9.17) is 4.74 Å². The Morgan fingerprint density at radius 2 is 1.75 bits per heavy atom. The third-order valence-corrected chi connectivity index (χ3v) is 10.4. The third kappa shape index (κ3) is 5.61. The number of anilines is 2. The van der Waals surface area contributed by atoms with Crippen LogP contribution in [0.2, 0.25) is 0 Å². The fourth-order valence-electron chi connectivity index (χ4n) is 8.12. The molecule has 7 rings (SSSR count). The number of hydrogen-bond acceptors (Lipinski definition) is 7. The second-order valence-electron chi connectivity index (χ2n) is 13.9. The molecule has 1 spiro atoms. The number of nitrogens with zero attached hydrogens (tertiary/aromatic N) is 5. The number of aliphatic hydroxyl groups is 2. The first kappa shape index (κ1) is 32.2. The lowest BCUT2D eigenvalue weighted by atomic mass is 9.70. The van der Waals surface area contributed by atoms with Gasteiger partial charge >= 0.3 is 0 Å². The highest BCUT2D eigenvalue weighted by Gasteiger charge is 2.65. The maximum absolute atomic E-state index is 14.8. The standard InChI is InChI=1S/C38H43N5O5/c1-25-34(37(2,3)47)32(19-21-41-24-30(39-40-41)35(45)27-14-8-5-9-15-27)48-38(25)29-22-28(42-20-11-10-16-33(42)44)17-18-31(29)43(36(38)46)23-26-12-6-4-7-13-26/h4-9,12-15,17-18,22,24-25,32,34-35,45,47H,10-11,16,19-21,23H2,1-3H3/t25-,32+,34-,35-,38+/m1/s1. The number of ether oxygens (including phenoxy) is 1. The second-order valence-corrected chi connectivity index (χ2v) is 13.9. The van der Waals surface area contributed by atoms with E-state index in [0.717, 1.165) is 40.9 Å². The Balaban J connectivity index is 1.23. The fourth-order valence-corrected chi connectivity index (χ4v) is 8.12. The summed E-state index contributed by atoms with van der Waals surface area (Å²) >= 11 is 0. The summed E-state index contributed by atoms with van der Waals surface area (Å²) in [5, 5.41) is 31.0. The van der Waals surface area contributed by atoms with Crippen LogP contribution in [0.5, 0.6) is 0 Å². The Bertz CT molecular complexity index is 1790. The van der Waals surface area contributed by atoms with Gasteiger partial charge in [-0.3, -0.25) is 14.3 Å². The van der Waals surface area contributed by atoms with Crippen LogP contribution < -0.4 is 9.80 Å². The summed E-state index contributed by atoms with van der Waals surface area (Å²) in [5.74, 6) is -0.878. The van der Waals surface area contributed by atoms with E-state index in [2.05, 4.69) is 10.3 Å². The maximum Gasteiger partial charge on any atom is 0.264 e. The number of amides is 2. The zero-order chi connectivity index (χ0) is 33.6. The lowest BCUT2D eigenvalue weighted by Gasteiger charge is -2.34. The molecule has 10 nitrogen and oxygen atoms in total. The molecule has 10 heteroatoms. The van der Waals surface area contributed by atoms with Crippen molar-refractivity contribution in [3.63, 3.8) is 0 Å². The van der Waals surface area contributed by atoms with Crippen LogP contribution in [0, 0.1) is 11.8 Å². The summed E-state index contributed by atoms with van der Waals surface area (Å²) in [6.45, 7) is 6.97. The van der Waals surface area contributed by atoms with Gasteiger partial charge in [0, 0.05) is 42.6 Å². The summed E-state index contributed by atoms with van der Waals surface area (Å²) < 4.78 is 8.69. The highest BCUT2D eigenvalue weighted by atomic mass is 16.5. The van der Waals surface area contributed by atoms with Gasteiger partial charge in [-0.05, 0) is 62.4 Å². The number of aromatic nitrogens is 3. The van der Waals surface area contributed by atoms with Gasteiger partial charge in [0.1, 0.15) is 11.8 Å². The van der Waals surface area contributed by atoms with Crippen molar-refractivity contribution in [2.75, 3.05) is 16.3 Å². The Labute approximate surface area is 280 Å². The lowest BCUT2D eigenvalue weighted by molar-refractivity contribution is -0.146. The number of rotatable bonds is 9. The van der Waals surface area contributed by atoms with Crippen molar-refractivity contribution >= 4 is 23.2 Å². The highest BCUT2D eigenvalue weighted by molar-refractivity contribution is 6.08. The molecule has 2 N–H and O–H groups in total. The molecule has 3 aromatic carbocycles. The van der Waals surface area contributed by atoms with Crippen molar-refractivity contribution in [3.05, 3.63) is 107 Å². The SMILES string of the molecule is C[C@@H]1[C@@H](C(C)(C)O)[C@H](CCn2cc([C@H](O)c3ccccc3)nn2)O[C@@]12C(=O)N(Cc1ccccc1)c1ccc(N3CCCCC3=O)cc12. The minimum atomic E-state index is -1.36. The van der Waals surface area contributed by atoms with Crippen LogP contribution in [-0.2, 0) is 33.0 Å². The molecule has 250 valence electrons. The quantitative estimate of drug-likeness (QED) is 0.258. The van der Waals surface area contributed by atoms with Gasteiger partial charge < -0.3 is 24.7 Å². The van der Waals surface area contributed by atoms with Gasteiger partial charge in [0.05, 0.1) is 30.1 Å².